The number of hydrogen-bond acceptors (Lipinski definition) is 5. The second-order valence-electron chi connectivity index (χ2n) is 6.86. The van der Waals surface area contributed by atoms with E-state index in [9.17, 15) is 19.7 Å². The van der Waals surface area contributed by atoms with Gasteiger partial charge >= 0.3 is 5.69 Å². The van der Waals surface area contributed by atoms with Crippen molar-refractivity contribution in [1.82, 2.24) is 0 Å². The lowest BCUT2D eigenvalue weighted by Crippen LogP contribution is -2.15. The minimum absolute atomic E-state index is 0.119. The van der Waals surface area contributed by atoms with Crippen LogP contribution in [0.2, 0.25) is 0 Å². The fourth-order valence-corrected chi connectivity index (χ4v) is 3.15. The first-order valence-electron chi connectivity index (χ1n) is 9.90. The molecule has 0 radical (unpaired) electrons. The zero-order valence-corrected chi connectivity index (χ0v) is 16.8. The number of anilines is 1. The number of nitrogens with zero attached hydrogens (tertiary/aromatic N) is 1. The molecule has 0 saturated heterocycles. The van der Waals surface area contributed by atoms with Gasteiger partial charge in [0.2, 0.25) is 0 Å². The third kappa shape index (κ3) is 5.76. The molecule has 0 heterocycles. The van der Waals surface area contributed by atoms with Crippen LogP contribution in [0.4, 0.5) is 11.4 Å². The van der Waals surface area contributed by atoms with Crippen LogP contribution in [0.1, 0.15) is 39.1 Å². The van der Waals surface area contributed by atoms with E-state index in [0.29, 0.717) is 18.5 Å². The van der Waals surface area contributed by atoms with E-state index in [1.807, 2.05) is 18.2 Å². The fraction of sp³-hybridized carbons (Fsp3) is 0.167. The molecule has 0 aliphatic rings. The minimum Gasteiger partial charge on any atom is -0.491 e. The number of nitro benzene ring substituents is 1. The van der Waals surface area contributed by atoms with Crippen LogP contribution in [0.15, 0.2) is 72.8 Å². The first-order valence-corrected chi connectivity index (χ1v) is 9.90. The van der Waals surface area contributed by atoms with Crippen LogP contribution in [0.25, 0.3) is 0 Å². The molecule has 0 atom stereocenters. The normalized spacial score (nSPS) is 10.3. The van der Waals surface area contributed by atoms with E-state index in [1.54, 1.807) is 30.3 Å². The Balaban J connectivity index is 1.75. The maximum atomic E-state index is 12.6. The number of carbonyl (C=O) groups is 2. The Bertz CT molecular complexity index is 1050. The summed E-state index contributed by atoms with van der Waals surface area (Å²) in [5.41, 5.74) is 0.823. The molecule has 31 heavy (non-hydrogen) atoms. The number of nitrogens with one attached hydrogen (secondary N) is 1. The highest BCUT2D eigenvalue weighted by Crippen LogP contribution is 2.37. The van der Waals surface area contributed by atoms with Crippen molar-refractivity contribution in [3.63, 3.8) is 0 Å². The molecule has 0 saturated carbocycles. The molecule has 1 amide bonds. The number of hydrogen-bond donors (Lipinski definition) is 1. The predicted octanol–water partition coefficient (Wildman–Crippen LogP) is 5.06. The van der Waals surface area contributed by atoms with E-state index < -0.39 is 16.5 Å². The fourth-order valence-electron chi connectivity index (χ4n) is 3.15. The number of benzene rings is 3. The van der Waals surface area contributed by atoms with Gasteiger partial charge < -0.3 is 10.1 Å². The highest BCUT2D eigenvalue weighted by molar-refractivity contribution is 6.07. The van der Waals surface area contributed by atoms with Crippen molar-refractivity contribution in [1.29, 1.82) is 0 Å². The Labute approximate surface area is 179 Å². The number of rotatable bonds is 10. The van der Waals surface area contributed by atoms with E-state index in [1.165, 1.54) is 17.7 Å². The van der Waals surface area contributed by atoms with E-state index in [2.05, 4.69) is 17.4 Å². The number of ether oxygens (including phenoxy) is 1. The molecule has 0 unspecified atom stereocenters. The lowest BCUT2D eigenvalue weighted by Gasteiger charge is -2.14. The maximum Gasteiger partial charge on any atom is 0.307 e. The van der Waals surface area contributed by atoms with Gasteiger partial charge in [-0.3, -0.25) is 19.7 Å². The number of aldehydes is 1. The van der Waals surface area contributed by atoms with Crippen LogP contribution >= 0.6 is 0 Å². The number of aryl methyl sites for hydroxylation is 1. The number of carbonyl (C=O) groups excluding carboxylic acids is 2. The maximum absolute atomic E-state index is 12.6. The molecule has 0 spiro atoms. The predicted molar refractivity (Wildman–Crippen MR) is 118 cm³/mol. The zero-order chi connectivity index (χ0) is 22.1. The van der Waals surface area contributed by atoms with Crippen molar-refractivity contribution in [2.24, 2.45) is 0 Å². The van der Waals surface area contributed by atoms with Crippen molar-refractivity contribution in [3.8, 4) is 5.75 Å². The Morgan fingerprint density at radius 1 is 0.968 bits per heavy atom. The molecule has 0 aliphatic heterocycles. The molecule has 3 rings (SSSR count). The van der Waals surface area contributed by atoms with Crippen molar-refractivity contribution in [2.45, 2.75) is 19.3 Å². The second kappa shape index (κ2) is 10.7. The molecular formula is C24H22N2O5. The van der Waals surface area contributed by atoms with Crippen LogP contribution in [0.3, 0.4) is 0 Å². The standard InChI is InChI=1S/C24H22N2O5/c27-17-20-14-15-21(31-16-8-7-11-18-9-3-1-4-10-18)22(23(20)26(29)30)25-24(28)19-12-5-2-6-13-19/h1-6,9-10,12-15,17H,7-8,11,16H2,(H,25,28). The van der Waals surface area contributed by atoms with Gasteiger partial charge in [-0.15, -0.1) is 0 Å². The van der Waals surface area contributed by atoms with E-state index in [-0.39, 0.29) is 17.0 Å². The van der Waals surface area contributed by atoms with Crippen LogP contribution in [-0.4, -0.2) is 23.7 Å². The number of unbranched alkanes of at least 4 members (excludes halogenated alkanes) is 1. The van der Waals surface area contributed by atoms with Gasteiger partial charge in [-0.25, -0.2) is 0 Å². The van der Waals surface area contributed by atoms with Crippen LogP contribution in [-0.2, 0) is 6.42 Å². The van der Waals surface area contributed by atoms with E-state index in [4.69, 9.17) is 4.74 Å². The topological polar surface area (TPSA) is 98.5 Å². The molecule has 0 aliphatic carbocycles. The number of amides is 1. The van der Waals surface area contributed by atoms with Gasteiger partial charge in [0.15, 0.2) is 12.0 Å². The smallest absolute Gasteiger partial charge is 0.307 e. The summed E-state index contributed by atoms with van der Waals surface area (Å²) in [5.74, 6) is -0.373. The lowest BCUT2D eigenvalue weighted by atomic mass is 10.1. The molecular weight excluding hydrogens is 396 g/mol. The van der Waals surface area contributed by atoms with Crippen molar-refractivity contribution in [3.05, 3.63) is 99.6 Å². The van der Waals surface area contributed by atoms with Gasteiger partial charge in [-0.2, -0.15) is 0 Å². The zero-order valence-electron chi connectivity index (χ0n) is 16.8. The molecule has 0 bridgehead atoms. The summed E-state index contributed by atoms with van der Waals surface area (Å²) in [7, 11) is 0. The Morgan fingerprint density at radius 3 is 2.29 bits per heavy atom. The molecule has 3 aromatic rings. The Morgan fingerprint density at radius 2 is 1.65 bits per heavy atom. The van der Waals surface area contributed by atoms with Crippen LogP contribution < -0.4 is 10.1 Å². The molecule has 158 valence electrons. The summed E-state index contributed by atoms with van der Waals surface area (Å²) in [6.45, 7) is 0.318. The van der Waals surface area contributed by atoms with Gasteiger partial charge in [0.25, 0.3) is 5.91 Å². The van der Waals surface area contributed by atoms with Gasteiger partial charge in [0, 0.05) is 5.56 Å². The highest BCUT2D eigenvalue weighted by Gasteiger charge is 2.26. The van der Waals surface area contributed by atoms with Gasteiger partial charge in [-0.1, -0.05) is 48.5 Å². The third-order valence-corrected chi connectivity index (χ3v) is 4.72. The number of nitro groups is 1. The van der Waals surface area contributed by atoms with Crippen LogP contribution in [0, 0.1) is 10.1 Å². The average Bonchev–Trinajstić information content (AvgIpc) is 2.80. The summed E-state index contributed by atoms with van der Waals surface area (Å²) < 4.78 is 5.77. The van der Waals surface area contributed by atoms with Crippen molar-refractivity contribution in [2.75, 3.05) is 11.9 Å². The summed E-state index contributed by atoms with van der Waals surface area (Å²) in [6.07, 6.45) is 2.89. The summed E-state index contributed by atoms with van der Waals surface area (Å²) in [5, 5.41) is 14.2. The Kier molecular flexibility index (Phi) is 7.48. The largest absolute Gasteiger partial charge is 0.491 e. The molecule has 0 aromatic heterocycles. The minimum atomic E-state index is -0.688. The third-order valence-electron chi connectivity index (χ3n) is 4.72. The SMILES string of the molecule is O=Cc1ccc(OCCCCc2ccccc2)c(NC(=O)c2ccccc2)c1[N+](=O)[O-]. The van der Waals surface area contributed by atoms with Crippen molar-refractivity contribution >= 4 is 23.6 Å². The van der Waals surface area contributed by atoms with Crippen molar-refractivity contribution < 1.29 is 19.2 Å². The summed E-state index contributed by atoms with van der Waals surface area (Å²) in [4.78, 5) is 34.9. The Hall–Kier alpha value is -4.00. The molecule has 1 N–H and O–H groups in total. The van der Waals surface area contributed by atoms with Gasteiger partial charge in [0.05, 0.1) is 17.1 Å². The monoisotopic (exact) mass is 418 g/mol. The van der Waals surface area contributed by atoms with Gasteiger partial charge in [0.1, 0.15) is 5.75 Å². The van der Waals surface area contributed by atoms with Gasteiger partial charge in [-0.05, 0) is 49.1 Å². The summed E-state index contributed by atoms with van der Waals surface area (Å²) in [6, 6.07) is 21.2. The molecule has 0 fully saturated rings. The molecule has 3 aromatic carbocycles. The quantitative estimate of drug-likeness (QED) is 0.215. The molecule has 7 heteroatoms. The second-order valence-corrected chi connectivity index (χ2v) is 6.86. The molecule has 7 nitrogen and oxygen atoms in total. The van der Waals surface area contributed by atoms with E-state index in [0.717, 1.165) is 19.3 Å². The van der Waals surface area contributed by atoms with E-state index >= 15 is 0 Å². The highest BCUT2D eigenvalue weighted by atomic mass is 16.6. The van der Waals surface area contributed by atoms with Crippen LogP contribution in [0.5, 0.6) is 5.75 Å². The first-order chi connectivity index (χ1) is 15.1. The average molecular weight is 418 g/mol. The lowest BCUT2D eigenvalue weighted by molar-refractivity contribution is -0.384. The first kappa shape index (κ1) is 21.7. The summed E-state index contributed by atoms with van der Waals surface area (Å²) >= 11 is 0.